The third-order valence-corrected chi connectivity index (χ3v) is 6.60. The van der Waals surface area contributed by atoms with E-state index in [1.807, 2.05) is 24.3 Å². The van der Waals surface area contributed by atoms with Gasteiger partial charge in [0, 0.05) is 10.9 Å². The average Bonchev–Trinajstić information content (AvgIpc) is 2.97. The highest BCUT2D eigenvalue weighted by Crippen LogP contribution is 2.65. The minimum Gasteiger partial charge on any atom is -0.457 e. The maximum Gasteiger partial charge on any atom is 0.313 e. The van der Waals surface area contributed by atoms with Crippen molar-refractivity contribution in [1.82, 2.24) is 0 Å². The van der Waals surface area contributed by atoms with Crippen LogP contribution in [-0.4, -0.2) is 5.97 Å². The zero-order valence-corrected chi connectivity index (χ0v) is 14.7. The van der Waals surface area contributed by atoms with Crippen molar-refractivity contribution in [2.45, 2.75) is 46.1 Å². The molecule has 1 heterocycles. The van der Waals surface area contributed by atoms with E-state index in [1.54, 1.807) is 0 Å². The second-order valence-electron chi connectivity index (χ2n) is 8.20. The lowest BCUT2D eigenvalue weighted by molar-refractivity contribution is -0.143. The number of ether oxygens (including phenoxy) is 1. The first-order chi connectivity index (χ1) is 10.8. The molecule has 2 fully saturated rings. The molecule has 0 aromatic heterocycles. The van der Waals surface area contributed by atoms with E-state index in [1.165, 1.54) is 18.4 Å². The van der Waals surface area contributed by atoms with Gasteiger partial charge in [-0.2, -0.15) is 0 Å². The Morgan fingerprint density at radius 3 is 2.52 bits per heavy atom. The summed E-state index contributed by atoms with van der Waals surface area (Å²) in [5.74, 6) is 0.0627. The highest BCUT2D eigenvalue weighted by Gasteiger charge is 2.61. The second-order valence-corrected chi connectivity index (χ2v) is 8.63. The third kappa shape index (κ3) is 2.11. The monoisotopic (exact) mass is 330 g/mol. The summed E-state index contributed by atoms with van der Waals surface area (Å²) in [6, 6.07) is 7.76. The molecule has 1 aromatic carbocycles. The number of halogens is 1. The van der Waals surface area contributed by atoms with Crippen molar-refractivity contribution in [3.8, 4) is 0 Å². The molecule has 0 amide bonds. The molecule has 2 nitrogen and oxygen atoms in total. The zero-order valence-electron chi connectivity index (χ0n) is 13.9. The average molecular weight is 331 g/mol. The number of rotatable bonds is 1. The summed E-state index contributed by atoms with van der Waals surface area (Å²) in [6.45, 7) is 6.98. The summed E-state index contributed by atoms with van der Waals surface area (Å²) in [4.78, 5) is 12.5. The van der Waals surface area contributed by atoms with Crippen LogP contribution in [0.5, 0.6) is 0 Å². The van der Waals surface area contributed by atoms with Crippen molar-refractivity contribution in [3.05, 3.63) is 46.5 Å². The second kappa shape index (κ2) is 4.86. The smallest absolute Gasteiger partial charge is 0.313 e. The van der Waals surface area contributed by atoms with Crippen LogP contribution >= 0.6 is 11.6 Å². The molecular weight excluding hydrogens is 308 g/mol. The molecular formula is C20H23ClO2. The summed E-state index contributed by atoms with van der Waals surface area (Å²) in [5, 5.41) is 0.713. The van der Waals surface area contributed by atoms with E-state index in [4.69, 9.17) is 16.3 Å². The van der Waals surface area contributed by atoms with Crippen LogP contribution in [0.1, 0.15) is 51.7 Å². The van der Waals surface area contributed by atoms with Gasteiger partial charge in [0.1, 0.15) is 6.10 Å². The molecule has 23 heavy (non-hydrogen) atoms. The first-order valence-corrected chi connectivity index (χ1v) is 8.89. The van der Waals surface area contributed by atoms with Crippen LogP contribution in [0.3, 0.4) is 0 Å². The number of carbonyl (C=O) groups excluding carboxylic acids is 1. The van der Waals surface area contributed by atoms with Gasteiger partial charge in [-0.05, 0) is 41.4 Å². The molecule has 0 bridgehead atoms. The van der Waals surface area contributed by atoms with Crippen molar-refractivity contribution in [3.63, 3.8) is 0 Å². The summed E-state index contributed by atoms with van der Waals surface area (Å²) < 4.78 is 5.81. The molecule has 0 N–H and O–H groups in total. The predicted molar refractivity (Wildman–Crippen MR) is 91.1 cm³/mol. The predicted octanol–water partition coefficient (Wildman–Crippen LogP) is 5.33. The van der Waals surface area contributed by atoms with Gasteiger partial charge in [-0.1, -0.05) is 62.6 Å². The van der Waals surface area contributed by atoms with Gasteiger partial charge < -0.3 is 4.74 Å². The Morgan fingerprint density at radius 1 is 1.13 bits per heavy atom. The Hall–Kier alpha value is -1.28. The molecule has 3 heteroatoms. The van der Waals surface area contributed by atoms with Gasteiger partial charge in [-0.15, -0.1) is 0 Å². The Kier molecular flexibility index (Phi) is 3.22. The lowest BCUT2D eigenvalue weighted by atomic mass is 9.57. The summed E-state index contributed by atoms with van der Waals surface area (Å²) in [6.07, 6.45) is 5.64. The van der Waals surface area contributed by atoms with E-state index in [0.717, 1.165) is 12.0 Å². The van der Waals surface area contributed by atoms with Crippen LogP contribution in [0.2, 0.25) is 5.02 Å². The number of fused-ring (bicyclic) bond motifs is 3. The van der Waals surface area contributed by atoms with Crippen molar-refractivity contribution >= 4 is 17.6 Å². The molecule has 1 aliphatic heterocycles. The minimum atomic E-state index is -0.155. The largest absolute Gasteiger partial charge is 0.457 e. The van der Waals surface area contributed by atoms with Crippen LogP contribution in [0, 0.1) is 22.7 Å². The molecule has 3 aliphatic rings. The fourth-order valence-electron chi connectivity index (χ4n) is 5.32. The molecule has 0 radical (unpaired) electrons. The van der Waals surface area contributed by atoms with Crippen LogP contribution in [0.15, 0.2) is 35.9 Å². The summed E-state index contributed by atoms with van der Waals surface area (Å²) in [5.41, 5.74) is 2.78. The Labute approximate surface area is 142 Å². The third-order valence-electron chi connectivity index (χ3n) is 6.35. The molecule has 4 atom stereocenters. The lowest BCUT2D eigenvalue weighted by Crippen LogP contribution is -2.38. The van der Waals surface area contributed by atoms with Crippen molar-refractivity contribution < 1.29 is 9.53 Å². The molecule has 2 aliphatic carbocycles. The van der Waals surface area contributed by atoms with Crippen LogP contribution in [-0.2, 0) is 9.53 Å². The van der Waals surface area contributed by atoms with E-state index in [-0.39, 0.29) is 34.7 Å². The van der Waals surface area contributed by atoms with Gasteiger partial charge in [0.25, 0.3) is 0 Å². The quantitative estimate of drug-likeness (QED) is 0.514. The molecule has 1 saturated carbocycles. The van der Waals surface area contributed by atoms with E-state index >= 15 is 0 Å². The first-order valence-electron chi connectivity index (χ1n) is 8.52. The number of allylic oxidation sites excluding steroid dienone is 1. The van der Waals surface area contributed by atoms with Gasteiger partial charge in [0.2, 0.25) is 0 Å². The van der Waals surface area contributed by atoms with Gasteiger partial charge in [-0.3, -0.25) is 4.79 Å². The fourth-order valence-corrected chi connectivity index (χ4v) is 5.45. The highest BCUT2D eigenvalue weighted by atomic mass is 35.5. The number of cyclic esters (lactones) is 1. The number of hydrogen-bond acceptors (Lipinski definition) is 2. The molecule has 1 saturated heterocycles. The van der Waals surface area contributed by atoms with E-state index < -0.39 is 0 Å². The molecule has 122 valence electrons. The summed E-state index contributed by atoms with van der Waals surface area (Å²) >= 11 is 6.02. The zero-order chi connectivity index (χ0) is 16.4. The fraction of sp³-hybridized carbons (Fsp3) is 0.550. The number of esters is 1. The number of hydrogen-bond donors (Lipinski definition) is 0. The van der Waals surface area contributed by atoms with Gasteiger partial charge in [0.15, 0.2) is 0 Å². The van der Waals surface area contributed by atoms with Crippen LogP contribution in [0.4, 0.5) is 0 Å². The molecule has 1 aromatic rings. The summed E-state index contributed by atoms with van der Waals surface area (Å²) in [7, 11) is 0. The molecule has 0 spiro atoms. The van der Waals surface area contributed by atoms with Crippen molar-refractivity contribution in [2.75, 3.05) is 0 Å². The van der Waals surface area contributed by atoms with Gasteiger partial charge >= 0.3 is 5.97 Å². The molecule has 4 rings (SSSR count). The standard InChI is InChI=1S/C20H23ClO2/c1-19(2)9-4-10-20(3)15(19)11-14-16(20)17(23-18(14)22)12-5-7-13(21)8-6-12/h5-8,11,14,16-17H,4,9-10H2,1-3H3/t14-,16+,17-,20+/m1/s1. The topological polar surface area (TPSA) is 26.3 Å². The van der Waals surface area contributed by atoms with Crippen molar-refractivity contribution in [1.29, 1.82) is 0 Å². The maximum absolute atomic E-state index is 12.5. The van der Waals surface area contributed by atoms with Crippen LogP contribution < -0.4 is 0 Å². The number of carbonyl (C=O) groups is 1. The van der Waals surface area contributed by atoms with E-state index in [2.05, 4.69) is 26.8 Å². The first kappa shape index (κ1) is 15.3. The van der Waals surface area contributed by atoms with E-state index in [9.17, 15) is 4.79 Å². The van der Waals surface area contributed by atoms with Gasteiger partial charge in [-0.25, -0.2) is 0 Å². The Bertz CT molecular complexity index is 688. The normalized spacial score (nSPS) is 37.8. The maximum atomic E-state index is 12.5. The Morgan fingerprint density at radius 2 is 1.83 bits per heavy atom. The van der Waals surface area contributed by atoms with Crippen LogP contribution in [0.25, 0.3) is 0 Å². The highest BCUT2D eigenvalue weighted by molar-refractivity contribution is 6.30. The SMILES string of the molecule is CC1(C)CCC[C@@]2(C)C1=C[C@H]1C(=O)O[C@H](c3ccc(Cl)cc3)[C@H]12. The Balaban J connectivity index is 1.78. The number of benzene rings is 1. The van der Waals surface area contributed by atoms with E-state index in [0.29, 0.717) is 5.02 Å². The molecule has 0 unspecified atom stereocenters. The minimum absolute atomic E-state index is 0.0584. The lowest BCUT2D eigenvalue weighted by Gasteiger charge is -2.47. The van der Waals surface area contributed by atoms with Gasteiger partial charge in [0.05, 0.1) is 5.92 Å². The van der Waals surface area contributed by atoms with Crippen molar-refractivity contribution in [2.24, 2.45) is 22.7 Å².